The first-order valence-electron chi connectivity index (χ1n) is 5.08. The van der Waals surface area contributed by atoms with E-state index < -0.39 is 17.9 Å². The third-order valence-corrected chi connectivity index (χ3v) is 1.70. The second-order valence-corrected chi connectivity index (χ2v) is 3.36. The van der Waals surface area contributed by atoms with E-state index in [4.69, 9.17) is 14.2 Å². The van der Waals surface area contributed by atoms with Crippen LogP contribution >= 0.6 is 0 Å². The molecule has 0 N–H and O–H groups in total. The van der Waals surface area contributed by atoms with Crippen LogP contribution in [0.3, 0.4) is 0 Å². The van der Waals surface area contributed by atoms with Crippen LogP contribution in [-0.2, 0) is 14.4 Å². The summed E-state index contributed by atoms with van der Waals surface area (Å²) in [6.45, 7) is 5.01. The van der Waals surface area contributed by atoms with E-state index in [1.165, 1.54) is 39.7 Å². The van der Waals surface area contributed by atoms with Crippen molar-refractivity contribution >= 4 is 54.4 Å². The van der Waals surface area contributed by atoms with E-state index in [-0.39, 0.29) is 46.7 Å². The average molecular weight is 274 g/mol. The predicted octanol–water partition coefficient (Wildman–Crippen LogP) is 0.152. The Bertz CT molecular complexity index is 468. The third kappa shape index (κ3) is 6.00. The summed E-state index contributed by atoms with van der Waals surface area (Å²) >= 11 is 0. The molecular formula is C11H12BNaO6. The van der Waals surface area contributed by atoms with Gasteiger partial charge in [0.25, 0.3) is 0 Å². The summed E-state index contributed by atoms with van der Waals surface area (Å²) in [4.78, 5) is 32.8. The third-order valence-electron chi connectivity index (χ3n) is 1.70. The van der Waals surface area contributed by atoms with Crippen LogP contribution in [0.4, 0.5) is 0 Å². The molecule has 0 fully saturated rings. The first-order valence-corrected chi connectivity index (χ1v) is 5.08. The van der Waals surface area contributed by atoms with Crippen LogP contribution < -0.4 is 14.2 Å². The zero-order valence-electron chi connectivity index (χ0n) is 10.2. The molecule has 0 aliphatic rings. The van der Waals surface area contributed by atoms with Gasteiger partial charge in [-0.1, -0.05) is 0 Å². The summed E-state index contributed by atoms with van der Waals surface area (Å²) in [6.07, 6.45) is 0. The summed E-state index contributed by atoms with van der Waals surface area (Å²) in [5.74, 6) is -0.370. The summed E-state index contributed by atoms with van der Waals surface area (Å²) in [5.41, 5.74) is 0.0106. The van der Waals surface area contributed by atoms with Crippen molar-refractivity contribution in [2.45, 2.75) is 20.8 Å². The molecule has 8 heteroatoms. The Morgan fingerprint density at radius 1 is 0.947 bits per heavy atom. The number of hydrogen-bond donors (Lipinski definition) is 0. The van der Waals surface area contributed by atoms with Crippen LogP contribution in [0, 0.1) is 0 Å². The summed E-state index contributed by atoms with van der Waals surface area (Å²) < 4.78 is 14.6. The van der Waals surface area contributed by atoms with Crippen molar-refractivity contribution in [2.75, 3.05) is 0 Å². The van der Waals surface area contributed by atoms with Gasteiger partial charge in [0.1, 0.15) is 0 Å². The van der Waals surface area contributed by atoms with E-state index in [1.54, 1.807) is 0 Å². The van der Waals surface area contributed by atoms with Crippen LogP contribution in [-0.4, -0.2) is 54.4 Å². The molecule has 1 heterocycles. The maximum absolute atomic E-state index is 11.0. The number of carbonyl (C=O) groups excluding carboxylic acids is 3. The summed E-state index contributed by atoms with van der Waals surface area (Å²) in [6, 6.07) is 1.42. The van der Waals surface area contributed by atoms with Gasteiger partial charge in [-0.15, -0.1) is 0 Å². The molecule has 96 valence electrons. The zero-order valence-corrected chi connectivity index (χ0v) is 10.2. The summed E-state index contributed by atoms with van der Waals surface area (Å²) in [5, 5.41) is 0. The number of carbonyl (C=O) groups is 3. The van der Waals surface area contributed by atoms with Crippen molar-refractivity contribution in [1.82, 2.24) is 0 Å². The zero-order chi connectivity index (χ0) is 13.7. The molecule has 19 heavy (non-hydrogen) atoms. The average Bonchev–Trinajstić information content (AvgIpc) is 2.20. The molecule has 0 aliphatic carbocycles. The molecule has 0 aliphatic heterocycles. The van der Waals surface area contributed by atoms with Gasteiger partial charge in [-0.2, -0.15) is 0 Å². The molecule has 0 bridgehead atoms. The van der Waals surface area contributed by atoms with Gasteiger partial charge in [-0.25, -0.2) is 0 Å². The Balaban J connectivity index is 0.00000324. The fourth-order valence-corrected chi connectivity index (χ4v) is 1.21. The fourth-order valence-electron chi connectivity index (χ4n) is 1.21. The van der Waals surface area contributed by atoms with E-state index in [0.29, 0.717) is 0 Å². The van der Waals surface area contributed by atoms with Gasteiger partial charge in [0.05, 0.1) is 0 Å². The molecule has 1 aromatic rings. The van der Waals surface area contributed by atoms with Gasteiger partial charge in [-0.05, 0) is 0 Å². The Hall–Kier alpha value is -1.18. The van der Waals surface area contributed by atoms with Crippen molar-refractivity contribution in [2.24, 2.45) is 0 Å². The van der Waals surface area contributed by atoms with Crippen LogP contribution in [0.1, 0.15) is 20.8 Å². The van der Waals surface area contributed by atoms with E-state index in [0.717, 1.165) is 0 Å². The molecule has 1 rings (SSSR count). The van der Waals surface area contributed by atoms with Gasteiger partial charge < -0.3 is 0 Å². The topological polar surface area (TPSA) is 78.9 Å². The molecule has 0 spiro atoms. The van der Waals surface area contributed by atoms with Gasteiger partial charge in [0, 0.05) is 0 Å². The monoisotopic (exact) mass is 274 g/mol. The minimum atomic E-state index is -0.622. The van der Waals surface area contributed by atoms with Crippen LogP contribution in [0.5, 0.6) is 17.1 Å². The van der Waals surface area contributed by atoms with Crippen molar-refractivity contribution < 1.29 is 28.6 Å². The SMILES string of the molecule is CC(=O)Oc1bccc(OC(C)=O)c1OC(C)=O.[NaH]. The fraction of sp³-hybridized carbons (Fsp3) is 0.273. The van der Waals surface area contributed by atoms with Crippen molar-refractivity contribution in [3.63, 3.8) is 0 Å². The van der Waals surface area contributed by atoms with E-state index in [9.17, 15) is 14.4 Å². The molecule has 0 saturated heterocycles. The molecule has 6 nitrogen and oxygen atoms in total. The van der Waals surface area contributed by atoms with Crippen molar-refractivity contribution in [3.8, 4) is 17.1 Å². The van der Waals surface area contributed by atoms with Crippen molar-refractivity contribution in [1.29, 1.82) is 0 Å². The Labute approximate surface area is 132 Å². The standard InChI is InChI=1S/C11H11BO6.Na.H/c1-6(13)16-9-4-5-12-11(18-8(3)15)10(9)17-7(2)14;;/h4-5H,1-3H3;;. The molecule has 0 radical (unpaired) electrons. The van der Waals surface area contributed by atoms with E-state index in [2.05, 4.69) is 0 Å². The number of ether oxygens (including phenoxy) is 3. The molecule has 0 atom stereocenters. The minimum absolute atomic E-state index is 0. The molecular weight excluding hydrogens is 262 g/mol. The molecule has 0 amide bonds. The van der Waals surface area contributed by atoms with Crippen LogP contribution in [0.25, 0.3) is 0 Å². The van der Waals surface area contributed by atoms with Crippen LogP contribution in [0.2, 0.25) is 0 Å². The van der Waals surface area contributed by atoms with Gasteiger partial charge in [-0.3, -0.25) is 0 Å². The Kier molecular flexibility index (Phi) is 7.59. The van der Waals surface area contributed by atoms with E-state index >= 15 is 0 Å². The molecule has 0 unspecified atom stereocenters. The van der Waals surface area contributed by atoms with Gasteiger partial charge in [0.15, 0.2) is 0 Å². The van der Waals surface area contributed by atoms with Crippen LogP contribution in [0.15, 0.2) is 12.0 Å². The quantitative estimate of drug-likeness (QED) is 0.576. The Morgan fingerprint density at radius 2 is 1.47 bits per heavy atom. The maximum atomic E-state index is 11.0. The van der Waals surface area contributed by atoms with E-state index in [1.807, 2.05) is 0 Å². The van der Waals surface area contributed by atoms with Gasteiger partial charge >= 0.3 is 133 Å². The normalized spacial score (nSPS) is 8.79. The first-order chi connectivity index (χ1) is 8.40. The van der Waals surface area contributed by atoms with Gasteiger partial charge in [0.2, 0.25) is 0 Å². The number of rotatable bonds is 3. The first kappa shape index (κ1) is 17.8. The molecule has 0 aromatic carbocycles. The number of hydrogen-bond acceptors (Lipinski definition) is 6. The number of esters is 3. The van der Waals surface area contributed by atoms with Crippen molar-refractivity contribution in [3.05, 3.63) is 12.0 Å². The molecule has 0 saturated carbocycles. The second kappa shape index (κ2) is 8.09. The summed E-state index contributed by atoms with van der Waals surface area (Å²) in [7, 11) is 0. The Morgan fingerprint density at radius 3 is 1.95 bits per heavy atom. The predicted molar refractivity (Wildman–Crippen MR) is 68.9 cm³/mol. The second-order valence-electron chi connectivity index (χ2n) is 3.36. The molecule has 1 aromatic heterocycles.